The maximum Gasteiger partial charge on any atom is 0.277 e. The number of aromatic nitrogens is 5. The molecule has 9 heteroatoms. The van der Waals surface area contributed by atoms with Crippen molar-refractivity contribution < 1.29 is 9.32 Å². The third-order valence-electron chi connectivity index (χ3n) is 3.67. The first-order valence-electron chi connectivity index (χ1n) is 8.13. The minimum atomic E-state index is -0.326. The number of nitrogens with zero attached hydrogens (tertiary/aromatic N) is 5. The zero-order chi connectivity index (χ0) is 18.6. The first kappa shape index (κ1) is 16.5. The van der Waals surface area contributed by atoms with E-state index in [1.54, 1.807) is 42.2 Å². The number of anilines is 3. The molecule has 0 fully saturated rings. The molecule has 3 aromatic heterocycles. The largest absolute Gasteiger partial charge is 0.361 e. The number of rotatable bonds is 5. The highest BCUT2D eigenvalue weighted by atomic mass is 16.5. The lowest BCUT2D eigenvalue weighted by Crippen LogP contribution is -2.12. The molecule has 0 saturated carbocycles. The first-order chi connectivity index (χ1) is 13.2. The van der Waals surface area contributed by atoms with Gasteiger partial charge in [0.25, 0.3) is 5.91 Å². The topological polar surface area (TPSA) is 111 Å². The maximum absolute atomic E-state index is 12.1. The van der Waals surface area contributed by atoms with Gasteiger partial charge in [0.15, 0.2) is 17.3 Å². The molecule has 4 rings (SSSR count). The van der Waals surface area contributed by atoms with Crippen LogP contribution in [-0.4, -0.2) is 31.0 Å². The van der Waals surface area contributed by atoms with Crippen molar-refractivity contribution in [2.45, 2.75) is 6.92 Å². The van der Waals surface area contributed by atoms with E-state index in [1.165, 1.54) is 0 Å². The SMILES string of the molecule is Cc1cc(C(=O)Nc2ccc(Nc3ccc(-n4cccn4)nn3)cc2)no1. The van der Waals surface area contributed by atoms with Crippen molar-refractivity contribution in [2.75, 3.05) is 10.6 Å². The van der Waals surface area contributed by atoms with Crippen LogP contribution < -0.4 is 10.6 Å². The predicted molar refractivity (Wildman–Crippen MR) is 98.1 cm³/mol. The molecule has 134 valence electrons. The number of hydrogen-bond donors (Lipinski definition) is 2. The Morgan fingerprint density at radius 3 is 2.52 bits per heavy atom. The van der Waals surface area contributed by atoms with Crippen LogP contribution in [0.25, 0.3) is 5.82 Å². The summed E-state index contributed by atoms with van der Waals surface area (Å²) in [6.07, 6.45) is 3.47. The molecule has 0 saturated heterocycles. The standard InChI is InChI=1S/C18H15N7O2/c1-12-11-15(24-27-12)18(26)21-14-5-3-13(4-6-14)20-16-7-8-17(23-22-16)25-10-2-9-19-25/h2-11H,1H3,(H,20,22)(H,21,26). The van der Waals surface area contributed by atoms with Gasteiger partial charge in [0.1, 0.15) is 5.76 Å². The maximum atomic E-state index is 12.1. The van der Waals surface area contributed by atoms with E-state index in [0.717, 1.165) is 5.69 Å². The van der Waals surface area contributed by atoms with Crippen molar-refractivity contribution in [1.29, 1.82) is 0 Å². The molecule has 0 bridgehead atoms. The van der Waals surface area contributed by atoms with Crippen molar-refractivity contribution in [3.63, 3.8) is 0 Å². The second-order valence-corrected chi connectivity index (χ2v) is 5.71. The zero-order valence-electron chi connectivity index (χ0n) is 14.3. The van der Waals surface area contributed by atoms with Crippen molar-refractivity contribution in [3.8, 4) is 5.82 Å². The van der Waals surface area contributed by atoms with E-state index in [0.29, 0.717) is 23.1 Å². The van der Waals surface area contributed by atoms with Crippen LogP contribution >= 0.6 is 0 Å². The Hall–Kier alpha value is -4.01. The summed E-state index contributed by atoms with van der Waals surface area (Å²) >= 11 is 0. The summed E-state index contributed by atoms with van der Waals surface area (Å²) in [6.45, 7) is 1.73. The highest BCUT2D eigenvalue weighted by Gasteiger charge is 2.11. The van der Waals surface area contributed by atoms with E-state index in [-0.39, 0.29) is 11.6 Å². The van der Waals surface area contributed by atoms with Gasteiger partial charge < -0.3 is 15.2 Å². The number of carbonyl (C=O) groups is 1. The average molecular weight is 361 g/mol. The summed E-state index contributed by atoms with van der Waals surface area (Å²) in [5.41, 5.74) is 1.69. The van der Waals surface area contributed by atoms with E-state index < -0.39 is 0 Å². The first-order valence-corrected chi connectivity index (χ1v) is 8.13. The minimum Gasteiger partial charge on any atom is -0.361 e. The molecule has 0 aliphatic carbocycles. The number of amides is 1. The van der Waals surface area contributed by atoms with Gasteiger partial charge in [-0.3, -0.25) is 4.79 Å². The summed E-state index contributed by atoms with van der Waals surface area (Å²) in [6, 6.07) is 14.2. The summed E-state index contributed by atoms with van der Waals surface area (Å²) in [4.78, 5) is 12.1. The monoisotopic (exact) mass is 361 g/mol. The molecule has 0 spiro atoms. The van der Waals surface area contributed by atoms with Crippen LogP contribution in [0.2, 0.25) is 0 Å². The van der Waals surface area contributed by atoms with Crippen molar-refractivity contribution in [1.82, 2.24) is 25.1 Å². The summed E-state index contributed by atoms with van der Waals surface area (Å²) in [5.74, 6) is 1.49. The molecule has 1 amide bonds. The van der Waals surface area contributed by atoms with Gasteiger partial charge in [-0.15, -0.1) is 10.2 Å². The molecule has 0 aliphatic rings. The smallest absolute Gasteiger partial charge is 0.277 e. The van der Waals surface area contributed by atoms with Crippen LogP contribution in [-0.2, 0) is 0 Å². The Kier molecular flexibility index (Phi) is 4.32. The van der Waals surface area contributed by atoms with Gasteiger partial charge in [-0.05, 0) is 49.4 Å². The van der Waals surface area contributed by atoms with Crippen LogP contribution in [0.15, 0.2) is 65.4 Å². The molecule has 9 nitrogen and oxygen atoms in total. The lowest BCUT2D eigenvalue weighted by atomic mass is 10.2. The molecule has 0 unspecified atom stereocenters. The Morgan fingerprint density at radius 1 is 1.07 bits per heavy atom. The summed E-state index contributed by atoms with van der Waals surface area (Å²) in [7, 11) is 0. The lowest BCUT2D eigenvalue weighted by molar-refractivity contribution is 0.101. The van der Waals surface area contributed by atoms with Crippen LogP contribution in [0, 0.1) is 6.92 Å². The van der Waals surface area contributed by atoms with Gasteiger partial charge in [-0.2, -0.15) is 5.10 Å². The zero-order valence-corrected chi connectivity index (χ0v) is 14.3. The minimum absolute atomic E-state index is 0.238. The van der Waals surface area contributed by atoms with Gasteiger partial charge >= 0.3 is 0 Å². The van der Waals surface area contributed by atoms with Crippen LogP contribution in [0.4, 0.5) is 17.2 Å². The van der Waals surface area contributed by atoms with Crippen molar-refractivity contribution in [3.05, 3.63) is 72.4 Å². The Balaban J connectivity index is 1.39. The molecule has 0 atom stereocenters. The number of benzene rings is 1. The second-order valence-electron chi connectivity index (χ2n) is 5.71. The average Bonchev–Trinajstić information content (AvgIpc) is 3.36. The lowest BCUT2D eigenvalue weighted by Gasteiger charge is -2.07. The molecule has 0 aliphatic heterocycles. The van der Waals surface area contributed by atoms with E-state index in [9.17, 15) is 4.79 Å². The van der Waals surface area contributed by atoms with E-state index >= 15 is 0 Å². The van der Waals surface area contributed by atoms with Crippen LogP contribution in [0.3, 0.4) is 0 Å². The molecule has 1 aromatic carbocycles. The van der Waals surface area contributed by atoms with Crippen LogP contribution in [0.1, 0.15) is 16.2 Å². The fourth-order valence-electron chi connectivity index (χ4n) is 2.37. The number of nitrogens with one attached hydrogen (secondary N) is 2. The van der Waals surface area contributed by atoms with Gasteiger partial charge in [0.2, 0.25) is 0 Å². The highest BCUT2D eigenvalue weighted by Crippen LogP contribution is 2.18. The fraction of sp³-hybridized carbons (Fsp3) is 0.0556. The molecular formula is C18H15N7O2. The van der Waals surface area contributed by atoms with Crippen LogP contribution in [0.5, 0.6) is 0 Å². The predicted octanol–water partition coefficient (Wildman–Crippen LogP) is 2.95. The summed E-state index contributed by atoms with van der Waals surface area (Å²) < 4.78 is 6.53. The van der Waals surface area contributed by atoms with Crippen molar-refractivity contribution in [2.24, 2.45) is 0 Å². The highest BCUT2D eigenvalue weighted by molar-refractivity contribution is 6.02. The number of aryl methyl sites for hydroxylation is 1. The third-order valence-corrected chi connectivity index (χ3v) is 3.67. The fourth-order valence-corrected chi connectivity index (χ4v) is 2.37. The Morgan fingerprint density at radius 2 is 1.89 bits per heavy atom. The normalized spacial score (nSPS) is 10.6. The quantitative estimate of drug-likeness (QED) is 0.562. The molecular weight excluding hydrogens is 346 g/mol. The number of carbonyl (C=O) groups excluding carboxylic acids is 1. The van der Waals surface area contributed by atoms with Gasteiger partial charge in [0.05, 0.1) is 0 Å². The Labute approximate surface area is 154 Å². The van der Waals surface area contributed by atoms with Crippen molar-refractivity contribution >= 4 is 23.1 Å². The van der Waals surface area contributed by atoms with E-state index in [1.807, 2.05) is 30.3 Å². The van der Waals surface area contributed by atoms with E-state index in [2.05, 4.69) is 31.1 Å². The molecule has 3 heterocycles. The molecule has 2 N–H and O–H groups in total. The second kappa shape index (κ2) is 7.08. The Bertz CT molecular complexity index is 1040. The molecule has 27 heavy (non-hydrogen) atoms. The summed E-state index contributed by atoms with van der Waals surface area (Å²) in [5, 5.41) is 22.0. The van der Waals surface area contributed by atoms with Gasteiger partial charge in [-0.25, -0.2) is 4.68 Å². The number of hydrogen-bond acceptors (Lipinski definition) is 7. The van der Waals surface area contributed by atoms with Gasteiger partial charge in [0, 0.05) is 29.8 Å². The van der Waals surface area contributed by atoms with Gasteiger partial charge in [-0.1, -0.05) is 5.16 Å². The molecule has 4 aromatic rings. The molecule has 0 radical (unpaired) electrons. The van der Waals surface area contributed by atoms with E-state index in [4.69, 9.17) is 4.52 Å². The third kappa shape index (κ3) is 3.82.